The molecule has 0 radical (unpaired) electrons. The molecule has 2 nitrogen and oxygen atoms in total. The summed E-state index contributed by atoms with van der Waals surface area (Å²) in [5.41, 5.74) is 1.83. The average molecular weight is 287 g/mol. The topological polar surface area (TPSA) is 29.5 Å². The van der Waals surface area contributed by atoms with Crippen molar-refractivity contribution in [3.8, 4) is 17.6 Å². The maximum atomic E-state index is 8.75. The molecule has 0 amide bonds. The van der Waals surface area contributed by atoms with Crippen molar-refractivity contribution in [1.82, 2.24) is 0 Å². The van der Waals surface area contributed by atoms with Crippen LogP contribution in [0.25, 0.3) is 0 Å². The zero-order valence-corrected chi connectivity index (χ0v) is 11.7. The van der Waals surface area contributed by atoms with E-state index in [-0.39, 0.29) is 6.61 Å². The standard InChI is InChI=1S/C17H15ClO2/c18-16-9-5-6-14(12-16)13-20-17-10-2-1-7-15(17)8-3-4-11-19/h1-2,5-7,9-10,12,19H,4,11,13H2. The molecule has 0 atom stereocenters. The van der Waals surface area contributed by atoms with E-state index < -0.39 is 0 Å². The highest BCUT2D eigenvalue weighted by atomic mass is 35.5. The van der Waals surface area contributed by atoms with Gasteiger partial charge < -0.3 is 9.84 Å². The number of aliphatic hydroxyl groups is 1. The first-order chi connectivity index (χ1) is 9.79. The van der Waals surface area contributed by atoms with Gasteiger partial charge in [0, 0.05) is 11.4 Å². The molecule has 20 heavy (non-hydrogen) atoms. The lowest BCUT2D eigenvalue weighted by Crippen LogP contribution is -1.97. The summed E-state index contributed by atoms with van der Waals surface area (Å²) in [4.78, 5) is 0. The summed E-state index contributed by atoms with van der Waals surface area (Å²) in [5.74, 6) is 6.63. The van der Waals surface area contributed by atoms with Crippen LogP contribution in [0.1, 0.15) is 17.5 Å². The Balaban J connectivity index is 2.08. The zero-order chi connectivity index (χ0) is 14.2. The molecule has 0 aromatic heterocycles. The fourth-order valence-electron chi connectivity index (χ4n) is 1.70. The van der Waals surface area contributed by atoms with Gasteiger partial charge in [0.1, 0.15) is 12.4 Å². The Morgan fingerprint density at radius 1 is 1.10 bits per heavy atom. The second kappa shape index (κ2) is 7.59. The van der Waals surface area contributed by atoms with Crippen molar-refractivity contribution in [2.45, 2.75) is 13.0 Å². The zero-order valence-electron chi connectivity index (χ0n) is 11.0. The van der Waals surface area contributed by atoms with Gasteiger partial charge in [0.05, 0.1) is 12.2 Å². The Kier molecular flexibility index (Phi) is 5.49. The summed E-state index contributed by atoms with van der Waals surface area (Å²) in [7, 11) is 0. The van der Waals surface area contributed by atoms with E-state index in [1.165, 1.54) is 0 Å². The van der Waals surface area contributed by atoms with Crippen LogP contribution in [-0.2, 0) is 6.61 Å². The molecule has 2 rings (SSSR count). The molecule has 0 saturated heterocycles. The van der Waals surface area contributed by atoms with Crippen molar-refractivity contribution < 1.29 is 9.84 Å². The van der Waals surface area contributed by atoms with Gasteiger partial charge in [-0.1, -0.05) is 47.7 Å². The molecule has 0 aliphatic heterocycles. The van der Waals surface area contributed by atoms with Crippen LogP contribution in [0.15, 0.2) is 48.5 Å². The highest BCUT2D eigenvalue weighted by Gasteiger charge is 2.01. The van der Waals surface area contributed by atoms with Crippen LogP contribution in [0.5, 0.6) is 5.75 Å². The predicted octanol–water partition coefficient (Wildman–Crippen LogP) is 3.65. The summed E-state index contributed by atoms with van der Waals surface area (Å²) in [6.45, 7) is 0.512. The van der Waals surface area contributed by atoms with E-state index in [1.807, 2.05) is 48.5 Å². The molecule has 0 fully saturated rings. The Labute approximate surface area is 124 Å². The van der Waals surface area contributed by atoms with Crippen LogP contribution in [-0.4, -0.2) is 11.7 Å². The van der Waals surface area contributed by atoms with Crippen molar-refractivity contribution in [1.29, 1.82) is 0 Å². The van der Waals surface area contributed by atoms with E-state index in [2.05, 4.69) is 11.8 Å². The minimum absolute atomic E-state index is 0.0680. The summed E-state index contributed by atoms with van der Waals surface area (Å²) in [6, 6.07) is 15.2. The number of aliphatic hydroxyl groups excluding tert-OH is 1. The molecular formula is C17H15ClO2. The third-order valence-electron chi connectivity index (χ3n) is 2.63. The maximum Gasteiger partial charge on any atom is 0.135 e. The highest BCUT2D eigenvalue weighted by Crippen LogP contribution is 2.19. The fourth-order valence-corrected chi connectivity index (χ4v) is 1.91. The summed E-state index contributed by atoms with van der Waals surface area (Å²) >= 11 is 5.94. The van der Waals surface area contributed by atoms with Crippen LogP contribution < -0.4 is 4.74 Å². The van der Waals surface area contributed by atoms with Gasteiger partial charge in [-0.25, -0.2) is 0 Å². The normalized spacial score (nSPS) is 9.70. The van der Waals surface area contributed by atoms with Crippen LogP contribution in [0.2, 0.25) is 5.02 Å². The van der Waals surface area contributed by atoms with Gasteiger partial charge in [-0.15, -0.1) is 0 Å². The van der Waals surface area contributed by atoms with Gasteiger partial charge >= 0.3 is 0 Å². The second-order valence-corrected chi connectivity index (χ2v) is 4.63. The largest absolute Gasteiger partial charge is 0.488 e. The van der Waals surface area contributed by atoms with Crippen molar-refractivity contribution in [3.05, 3.63) is 64.7 Å². The SMILES string of the molecule is OCCC#Cc1ccccc1OCc1cccc(Cl)c1. The van der Waals surface area contributed by atoms with E-state index in [4.69, 9.17) is 21.4 Å². The number of halogens is 1. The smallest absolute Gasteiger partial charge is 0.135 e. The lowest BCUT2D eigenvalue weighted by atomic mass is 10.2. The highest BCUT2D eigenvalue weighted by molar-refractivity contribution is 6.30. The van der Waals surface area contributed by atoms with E-state index in [1.54, 1.807) is 0 Å². The molecule has 0 aliphatic carbocycles. The van der Waals surface area contributed by atoms with Gasteiger partial charge in [0.2, 0.25) is 0 Å². The van der Waals surface area contributed by atoms with Crippen LogP contribution in [0, 0.1) is 11.8 Å². The van der Waals surface area contributed by atoms with Gasteiger partial charge in [0.25, 0.3) is 0 Å². The molecular weight excluding hydrogens is 272 g/mol. The van der Waals surface area contributed by atoms with Crippen LogP contribution in [0.3, 0.4) is 0 Å². The van der Waals surface area contributed by atoms with Crippen LogP contribution >= 0.6 is 11.6 Å². The van der Waals surface area contributed by atoms with Gasteiger partial charge in [0.15, 0.2) is 0 Å². The first-order valence-corrected chi connectivity index (χ1v) is 6.73. The molecule has 0 heterocycles. The van der Waals surface area contributed by atoms with E-state index >= 15 is 0 Å². The van der Waals surface area contributed by atoms with Crippen molar-refractivity contribution in [3.63, 3.8) is 0 Å². The van der Waals surface area contributed by atoms with Gasteiger partial charge in [-0.05, 0) is 29.8 Å². The molecule has 0 spiro atoms. The van der Waals surface area contributed by atoms with E-state index in [9.17, 15) is 0 Å². The molecule has 1 N–H and O–H groups in total. The number of para-hydroxylation sites is 1. The third kappa shape index (κ3) is 4.31. The summed E-state index contributed by atoms with van der Waals surface area (Å²) in [5, 5.41) is 9.44. The Morgan fingerprint density at radius 3 is 2.75 bits per heavy atom. The van der Waals surface area contributed by atoms with Gasteiger partial charge in [-0.2, -0.15) is 0 Å². The maximum absolute atomic E-state index is 8.75. The average Bonchev–Trinajstić information content (AvgIpc) is 2.47. The molecule has 2 aromatic carbocycles. The lowest BCUT2D eigenvalue weighted by Gasteiger charge is -2.08. The minimum atomic E-state index is 0.0680. The quantitative estimate of drug-likeness (QED) is 0.869. The Morgan fingerprint density at radius 2 is 1.95 bits per heavy atom. The number of hydrogen-bond acceptors (Lipinski definition) is 2. The second-order valence-electron chi connectivity index (χ2n) is 4.19. The molecule has 0 saturated carbocycles. The molecule has 0 bridgehead atoms. The molecule has 0 aliphatic rings. The Bertz CT molecular complexity index is 626. The summed E-state index contributed by atoms with van der Waals surface area (Å²) < 4.78 is 5.79. The third-order valence-corrected chi connectivity index (χ3v) is 2.87. The van der Waals surface area contributed by atoms with E-state index in [0.29, 0.717) is 18.1 Å². The summed E-state index contributed by atoms with van der Waals surface area (Å²) in [6.07, 6.45) is 0.461. The molecule has 102 valence electrons. The fraction of sp³-hybridized carbons (Fsp3) is 0.176. The first-order valence-electron chi connectivity index (χ1n) is 6.35. The van der Waals surface area contributed by atoms with Crippen molar-refractivity contribution >= 4 is 11.6 Å². The number of benzene rings is 2. The van der Waals surface area contributed by atoms with Crippen molar-refractivity contribution in [2.75, 3.05) is 6.61 Å². The Hall–Kier alpha value is -1.95. The van der Waals surface area contributed by atoms with Crippen molar-refractivity contribution in [2.24, 2.45) is 0 Å². The number of ether oxygens (including phenoxy) is 1. The predicted molar refractivity (Wildman–Crippen MR) is 80.8 cm³/mol. The number of hydrogen-bond donors (Lipinski definition) is 1. The monoisotopic (exact) mass is 286 g/mol. The lowest BCUT2D eigenvalue weighted by molar-refractivity contribution is 0.304. The number of rotatable bonds is 4. The van der Waals surface area contributed by atoms with Gasteiger partial charge in [-0.3, -0.25) is 0 Å². The first kappa shape index (κ1) is 14.5. The molecule has 3 heteroatoms. The molecule has 2 aromatic rings. The molecule has 0 unspecified atom stereocenters. The van der Waals surface area contributed by atoms with E-state index in [0.717, 1.165) is 16.9 Å². The minimum Gasteiger partial charge on any atom is -0.488 e. The van der Waals surface area contributed by atoms with Crippen LogP contribution in [0.4, 0.5) is 0 Å².